The predicted octanol–water partition coefficient (Wildman–Crippen LogP) is 3.72. The first-order valence-corrected chi connectivity index (χ1v) is 9.64. The van der Waals surface area contributed by atoms with Crippen molar-refractivity contribution in [3.8, 4) is 0 Å². The summed E-state index contributed by atoms with van der Waals surface area (Å²) in [6.45, 7) is -0.421. The second-order valence-electron chi connectivity index (χ2n) is 6.88. The molecule has 2 aromatic carbocycles. The van der Waals surface area contributed by atoms with Crippen LogP contribution in [0.3, 0.4) is 0 Å². The lowest BCUT2D eigenvalue weighted by molar-refractivity contribution is -0.134. The summed E-state index contributed by atoms with van der Waals surface area (Å²) in [7, 11) is 0. The molecule has 0 unspecified atom stereocenters. The van der Waals surface area contributed by atoms with Crippen LogP contribution in [0, 0.1) is 0 Å². The molecule has 144 valence electrons. The third kappa shape index (κ3) is 3.02. The summed E-state index contributed by atoms with van der Waals surface area (Å²) in [6.07, 6.45) is 2.13. The Hall–Kier alpha value is -2.57. The molecule has 1 heterocycles. The smallest absolute Gasteiger partial charge is 0.322 e. The number of benzene rings is 2. The van der Waals surface area contributed by atoms with Crippen LogP contribution in [0.25, 0.3) is 0 Å². The molecular formula is C20H17Cl2N3O3. The minimum atomic E-state index is -1.10. The van der Waals surface area contributed by atoms with E-state index in [-0.39, 0.29) is 15.7 Å². The van der Waals surface area contributed by atoms with E-state index in [0.29, 0.717) is 6.42 Å². The van der Waals surface area contributed by atoms with Crippen LogP contribution in [0.2, 0.25) is 10.0 Å². The monoisotopic (exact) mass is 417 g/mol. The number of amides is 4. The third-order valence-electron chi connectivity index (χ3n) is 5.18. The van der Waals surface area contributed by atoms with Crippen molar-refractivity contribution < 1.29 is 14.4 Å². The van der Waals surface area contributed by atoms with Gasteiger partial charge in [-0.05, 0) is 42.5 Å². The van der Waals surface area contributed by atoms with Crippen LogP contribution in [-0.2, 0) is 21.5 Å². The number of carbonyl (C=O) groups is 3. The van der Waals surface area contributed by atoms with Gasteiger partial charge in [-0.15, -0.1) is 0 Å². The molecule has 1 fully saturated rings. The molecule has 8 heteroatoms. The predicted molar refractivity (Wildman–Crippen MR) is 106 cm³/mol. The maximum absolute atomic E-state index is 13.2. The lowest BCUT2D eigenvalue weighted by Gasteiger charge is -2.33. The molecule has 1 aliphatic carbocycles. The summed E-state index contributed by atoms with van der Waals surface area (Å²) in [6, 6.07) is 11.8. The molecule has 0 radical (unpaired) electrons. The number of rotatable bonds is 3. The average molecular weight is 418 g/mol. The standard InChI is InChI=1S/C20H17Cl2N3O3/c21-14-8-3-9-15(22)17(14)23-16(26)11-25-18(27)20(24-19(25)28)10-4-6-12-5-1-2-7-13(12)20/h1-3,5,7-9H,4,6,10-11H2,(H,23,26)(H,24,28)/t20-/m0/s1. The summed E-state index contributed by atoms with van der Waals surface area (Å²) < 4.78 is 0. The van der Waals surface area contributed by atoms with Crippen LogP contribution >= 0.6 is 23.2 Å². The second kappa shape index (κ2) is 7.11. The Balaban J connectivity index is 1.57. The quantitative estimate of drug-likeness (QED) is 0.746. The van der Waals surface area contributed by atoms with Crippen molar-refractivity contribution in [1.82, 2.24) is 10.2 Å². The zero-order chi connectivity index (χ0) is 19.9. The van der Waals surface area contributed by atoms with Gasteiger partial charge < -0.3 is 10.6 Å². The maximum atomic E-state index is 13.2. The SMILES string of the molecule is O=C(CN1C(=O)N[C@]2(CCCc3ccccc32)C1=O)Nc1c(Cl)cccc1Cl. The number of anilines is 1. The summed E-state index contributed by atoms with van der Waals surface area (Å²) in [5, 5.41) is 5.95. The number of halogens is 2. The topological polar surface area (TPSA) is 78.5 Å². The van der Waals surface area contributed by atoms with Crippen molar-refractivity contribution in [3.63, 3.8) is 0 Å². The van der Waals surface area contributed by atoms with E-state index in [1.807, 2.05) is 24.3 Å². The molecule has 4 amide bonds. The Bertz CT molecular complexity index is 974. The Labute approximate surface area is 171 Å². The van der Waals surface area contributed by atoms with E-state index in [1.54, 1.807) is 18.2 Å². The van der Waals surface area contributed by atoms with Crippen molar-refractivity contribution in [2.75, 3.05) is 11.9 Å². The molecular weight excluding hydrogens is 401 g/mol. The highest BCUT2D eigenvalue weighted by Crippen LogP contribution is 2.40. The number of imide groups is 1. The van der Waals surface area contributed by atoms with E-state index in [0.717, 1.165) is 28.9 Å². The van der Waals surface area contributed by atoms with E-state index >= 15 is 0 Å². The Morgan fingerprint density at radius 3 is 2.57 bits per heavy atom. The normalized spacial score (nSPS) is 20.9. The fourth-order valence-corrected chi connectivity index (χ4v) is 4.39. The van der Waals surface area contributed by atoms with Crippen LogP contribution in [0.5, 0.6) is 0 Å². The fraction of sp³-hybridized carbons (Fsp3) is 0.250. The van der Waals surface area contributed by atoms with E-state index in [2.05, 4.69) is 10.6 Å². The van der Waals surface area contributed by atoms with Gasteiger partial charge in [-0.3, -0.25) is 14.5 Å². The van der Waals surface area contributed by atoms with Gasteiger partial charge >= 0.3 is 6.03 Å². The number of carbonyl (C=O) groups excluding carboxylic acids is 3. The molecule has 2 N–H and O–H groups in total. The molecule has 0 aromatic heterocycles. The van der Waals surface area contributed by atoms with Crippen LogP contribution in [0.1, 0.15) is 24.0 Å². The number of nitrogens with one attached hydrogen (secondary N) is 2. The van der Waals surface area contributed by atoms with Crippen molar-refractivity contribution in [2.24, 2.45) is 0 Å². The molecule has 4 rings (SSSR count). The van der Waals surface area contributed by atoms with Gasteiger partial charge in [-0.1, -0.05) is 53.5 Å². The summed E-state index contributed by atoms with van der Waals surface area (Å²) in [4.78, 5) is 39.2. The highest BCUT2D eigenvalue weighted by molar-refractivity contribution is 6.39. The number of urea groups is 1. The lowest BCUT2D eigenvalue weighted by Crippen LogP contribution is -2.47. The van der Waals surface area contributed by atoms with Crippen LogP contribution in [0.15, 0.2) is 42.5 Å². The first kappa shape index (κ1) is 18.8. The van der Waals surface area contributed by atoms with Gasteiger partial charge in [0.1, 0.15) is 12.1 Å². The maximum Gasteiger partial charge on any atom is 0.325 e. The largest absolute Gasteiger partial charge is 0.325 e. The average Bonchev–Trinajstić information content (AvgIpc) is 2.90. The Morgan fingerprint density at radius 2 is 1.82 bits per heavy atom. The number of aryl methyl sites for hydroxylation is 1. The molecule has 6 nitrogen and oxygen atoms in total. The van der Waals surface area contributed by atoms with Crippen molar-refractivity contribution >= 4 is 46.7 Å². The Morgan fingerprint density at radius 1 is 1.11 bits per heavy atom. The van der Waals surface area contributed by atoms with E-state index in [9.17, 15) is 14.4 Å². The van der Waals surface area contributed by atoms with Gasteiger partial charge in [-0.25, -0.2) is 4.79 Å². The molecule has 2 aromatic rings. The van der Waals surface area contributed by atoms with Gasteiger partial charge in [0.2, 0.25) is 5.91 Å². The summed E-state index contributed by atoms with van der Waals surface area (Å²) in [5.74, 6) is -0.968. The van der Waals surface area contributed by atoms with E-state index in [4.69, 9.17) is 23.2 Å². The zero-order valence-corrected chi connectivity index (χ0v) is 16.3. The number of hydrogen-bond acceptors (Lipinski definition) is 3. The van der Waals surface area contributed by atoms with Crippen LogP contribution in [-0.4, -0.2) is 29.3 Å². The van der Waals surface area contributed by atoms with Crippen molar-refractivity contribution in [1.29, 1.82) is 0 Å². The molecule has 0 bridgehead atoms. The third-order valence-corrected chi connectivity index (χ3v) is 5.81. The molecule has 1 spiro atoms. The minimum Gasteiger partial charge on any atom is -0.322 e. The van der Waals surface area contributed by atoms with Crippen molar-refractivity contribution in [2.45, 2.75) is 24.8 Å². The van der Waals surface area contributed by atoms with Crippen LogP contribution < -0.4 is 10.6 Å². The van der Waals surface area contributed by atoms with Crippen LogP contribution in [0.4, 0.5) is 10.5 Å². The highest BCUT2D eigenvalue weighted by Gasteiger charge is 2.54. The van der Waals surface area contributed by atoms with Gasteiger partial charge in [0.15, 0.2) is 0 Å². The molecule has 1 aliphatic heterocycles. The summed E-state index contributed by atoms with van der Waals surface area (Å²) in [5.41, 5.74) is 0.989. The molecule has 1 saturated heterocycles. The van der Waals surface area contributed by atoms with Gasteiger partial charge in [0, 0.05) is 0 Å². The molecule has 28 heavy (non-hydrogen) atoms. The van der Waals surface area contributed by atoms with Crippen molar-refractivity contribution in [3.05, 3.63) is 63.6 Å². The second-order valence-corrected chi connectivity index (χ2v) is 7.70. The molecule has 1 atom stereocenters. The Kier molecular flexibility index (Phi) is 4.77. The van der Waals surface area contributed by atoms with Gasteiger partial charge in [0.05, 0.1) is 15.7 Å². The lowest BCUT2D eigenvalue weighted by atomic mass is 9.76. The first-order valence-electron chi connectivity index (χ1n) is 8.89. The van der Waals surface area contributed by atoms with E-state index < -0.39 is 29.9 Å². The van der Waals surface area contributed by atoms with E-state index in [1.165, 1.54) is 0 Å². The number of hydrogen-bond donors (Lipinski definition) is 2. The number of para-hydroxylation sites is 1. The molecule has 2 aliphatic rings. The summed E-state index contributed by atoms with van der Waals surface area (Å²) >= 11 is 12.1. The van der Waals surface area contributed by atoms with Gasteiger partial charge in [0.25, 0.3) is 5.91 Å². The number of nitrogens with zero attached hydrogens (tertiary/aromatic N) is 1. The fourth-order valence-electron chi connectivity index (χ4n) is 3.89. The molecule has 0 saturated carbocycles. The van der Waals surface area contributed by atoms with Gasteiger partial charge in [-0.2, -0.15) is 0 Å². The highest BCUT2D eigenvalue weighted by atomic mass is 35.5. The zero-order valence-electron chi connectivity index (χ0n) is 14.8. The minimum absolute atomic E-state index is 0.251. The first-order chi connectivity index (χ1) is 13.4. The number of fused-ring (bicyclic) bond motifs is 2.